The van der Waals surface area contributed by atoms with Crippen LogP contribution in [0.15, 0.2) is 66.7 Å². The zero-order valence-corrected chi connectivity index (χ0v) is 19.4. The summed E-state index contributed by atoms with van der Waals surface area (Å²) in [5.74, 6) is 2.35. The molecule has 2 fully saturated rings. The van der Waals surface area contributed by atoms with Crippen LogP contribution in [0.25, 0.3) is 0 Å². The number of nitro benzene ring substituents is 1. The van der Waals surface area contributed by atoms with Crippen LogP contribution in [-0.2, 0) is 0 Å². The summed E-state index contributed by atoms with van der Waals surface area (Å²) < 4.78 is 5.30. The Morgan fingerprint density at radius 3 is 2.63 bits per heavy atom. The van der Waals surface area contributed by atoms with Gasteiger partial charge in [-0.2, -0.15) is 0 Å². The first kappa shape index (κ1) is 21.6. The summed E-state index contributed by atoms with van der Waals surface area (Å²) >= 11 is 0. The fourth-order valence-electron chi connectivity index (χ4n) is 6.72. The molecule has 2 bridgehead atoms. The molecule has 0 spiro atoms. The van der Waals surface area contributed by atoms with Gasteiger partial charge in [-0.05, 0) is 78.3 Å². The van der Waals surface area contributed by atoms with Crippen LogP contribution >= 0.6 is 0 Å². The molecular formula is C28H27N3O4. The van der Waals surface area contributed by atoms with Gasteiger partial charge in [0, 0.05) is 23.4 Å². The smallest absolute Gasteiger partial charge is 0.271 e. The number of non-ortho nitro benzene ring substituents is 1. The zero-order valence-electron chi connectivity index (χ0n) is 19.4. The fourth-order valence-corrected chi connectivity index (χ4v) is 6.72. The molecule has 1 aliphatic heterocycles. The van der Waals surface area contributed by atoms with E-state index in [0.717, 1.165) is 5.69 Å². The van der Waals surface area contributed by atoms with Crippen molar-refractivity contribution in [3.8, 4) is 5.75 Å². The fraction of sp³-hybridized carbons (Fsp3) is 0.321. The highest BCUT2D eigenvalue weighted by Gasteiger charge is 2.53. The maximum absolute atomic E-state index is 13.2. The van der Waals surface area contributed by atoms with E-state index in [1.54, 1.807) is 0 Å². The summed E-state index contributed by atoms with van der Waals surface area (Å²) in [5.41, 5.74) is 4.35. The number of amides is 1. The Labute approximate surface area is 203 Å². The van der Waals surface area contributed by atoms with E-state index in [0.29, 0.717) is 35.0 Å². The molecule has 178 valence electrons. The van der Waals surface area contributed by atoms with E-state index in [1.165, 1.54) is 55.7 Å². The first-order valence-corrected chi connectivity index (χ1v) is 12.1. The van der Waals surface area contributed by atoms with Gasteiger partial charge in [-0.1, -0.05) is 30.3 Å². The molecule has 7 heteroatoms. The van der Waals surface area contributed by atoms with Crippen molar-refractivity contribution in [1.82, 2.24) is 0 Å². The van der Waals surface area contributed by atoms with Crippen molar-refractivity contribution in [2.45, 2.75) is 31.2 Å². The van der Waals surface area contributed by atoms with Crippen LogP contribution in [0.4, 0.5) is 17.1 Å². The molecule has 3 aromatic rings. The van der Waals surface area contributed by atoms with Crippen molar-refractivity contribution in [3.05, 3.63) is 93.5 Å². The number of carbonyl (C=O) groups is 1. The second kappa shape index (κ2) is 8.41. The Bertz CT molecular complexity index is 1310. The number of nitrogens with zero attached hydrogens (tertiary/aromatic N) is 1. The number of nitrogens with one attached hydrogen (secondary N) is 2. The van der Waals surface area contributed by atoms with Gasteiger partial charge in [0.15, 0.2) is 0 Å². The predicted molar refractivity (Wildman–Crippen MR) is 134 cm³/mol. The van der Waals surface area contributed by atoms with Crippen molar-refractivity contribution in [3.63, 3.8) is 0 Å². The molecule has 0 aromatic heterocycles. The molecule has 2 saturated carbocycles. The largest absolute Gasteiger partial charge is 0.495 e. The predicted octanol–water partition coefficient (Wildman–Crippen LogP) is 6.15. The molecule has 0 saturated heterocycles. The lowest BCUT2D eigenvalue weighted by Gasteiger charge is -2.43. The molecule has 2 N–H and O–H groups in total. The Balaban J connectivity index is 1.33. The van der Waals surface area contributed by atoms with Crippen LogP contribution in [0.5, 0.6) is 5.75 Å². The minimum absolute atomic E-state index is 0.104. The molecule has 35 heavy (non-hydrogen) atoms. The lowest BCUT2D eigenvalue weighted by atomic mass is 9.68. The number of nitro groups is 1. The Hall–Kier alpha value is -3.87. The first-order valence-electron chi connectivity index (χ1n) is 12.1. The van der Waals surface area contributed by atoms with Gasteiger partial charge < -0.3 is 15.4 Å². The number of fused-ring (bicyclic) bond motifs is 7. The van der Waals surface area contributed by atoms with Gasteiger partial charge in [0.2, 0.25) is 0 Å². The molecular weight excluding hydrogens is 442 g/mol. The zero-order chi connectivity index (χ0) is 24.1. The molecule has 5 unspecified atom stereocenters. The number of hydrogen-bond acceptors (Lipinski definition) is 5. The van der Waals surface area contributed by atoms with Gasteiger partial charge in [-0.15, -0.1) is 0 Å². The van der Waals surface area contributed by atoms with Gasteiger partial charge in [-0.25, -0.2) is 0 Å². The number of benzene rings is 3. The highest BCUT2D eigenvalue weighted by atomic mass is 16.6. The molecule has 7 nitrogen and oxygen atoms in total. The number of methoxy groups -OCH3 is 1. The van der Waals surface area contributed by atoms with Crippen LogP contribution in [0.3, 0.4) is 0 Å². The van der Waals surface area contributed by atoms with Gasteiger partial charge in [0.1, 0.15) is 5.75 Å². The van der Waals surface area contributed by atoms with Crippen molar-refractivity contribution >= 4 is 23.0 Å². The van der Waals surface area contributed by atoms with Crippen LogP contribution in [0.1, 0.15) is 52.7 Å². The minimum atomic E-state index is -0.488. The van der Waals surface area contributed by atoms with Crippen LogP contribution < -0.4 is 15.4 Å². The number of hydrogen-bond donors (Lipinski definition) is 2. The Morgan fingerprint density at radius 1 is 1.06 bits per heavy atom. The van der Waals surface area contributed by atoms with Gasteiger partial charge >= 0.3 is 0 Å². The topological polar surface area (TPSA) is 93.5 Å². The summed E-state index contributed by atoms with van der Waals surface area (Å²) in [6.45, 7) is 0. The number of anilines is 2. The second-order valence-corrected chi connectivity index (χ2v) is 9.87. The van der Waals surface area contributed by atoms with E-state index in [4.69, 9.17) is 4.74 Å². The van der Waals surface area contributed by atoms with Crippen LogP contribution in [0, 0.1) is 27.9 Å². The quantitative estimate of drug-likeness (QED) is 0.345. The third-order valence-electron chi connectivity index (χ3n) is 8.15. The third-order valence-corrected chi connectivity index (χ3v) is 8.15. The first-order chi connectivity index (χ1) is 17.0. The SMILES string of the molecule is COc1ccc([N+](=O)[O-])cc1NC(=O)c1ccc2c(c1)C1C3CCC(C3)C1C(c1ccccc1)N2. The molecule has 0 radical (unpaired) electrons. The summed E-state index contributed by atoms with van der Waals surface area (Å²) in [4.78, 5) is 24.0. The summed E-state index contributed by atoms with van der Waals surface area (Å²) in [7, 11) is 1.47. The van der Waals surface area contributed by atoms with Crippen LogP contribution in [-0.4, -0.2) is 17.9 Å². The minimum Gasteiger partial charge on any atom is -0.495 e. The molecule has 1 amide bonds. The monoisotopic (exact) mass is 469 g/mol. The maximum Gasteiger partial charge on any atom is 0.271 e. The second-order valence-electron chi connectivity index (χ2n) is 9.87. The van der Waals surface area contributed by atoms with E-state index in [1.807, 2.05) is 18.2 Å². The average molecular weight is 470 g/mol. The van der Waals surface area contributed by atoms with E-state index < -0.39 is 4.92 Å². The van der Waals surface area contributed by atoms with Crippen molar-refractivity contribution in [2.24, 2.45) is 17.8 Å². The van der Waals surface area contributed by atoms with Crippen molar-refractivity contribution in [1.29, 1.82) is 0 Å². The molecule has 2 aliphatic carbocycles. The van der Waals surface area contributed by atoms with Crippen LogP contribution in [0.2, 0.25) is 0 Å². The molecule has 5 atom stereocenters. The Morgan fingerprint density at radius 2 is 1.86 bits per heavy atom. The summed E-state index contributed by atoms with van der Waals surface area (Å²) in [6.07, 6.45) is 3.77. The Kier molecular flexibility index (Phi) is 5.20. The lowest BCUT2D eigenvalue weighted by molar-refractivity contribution is -0.384. The van der Waals surface area contributed by atoms with E-state index in [-0.39, 0.29) is 23.3 Å². The van der Waals surface area contributed by atoms with Gasteiger partial charge in [0.05, 0.1) is 23.8 Å². The molecule has 3 aromatic carbocycles. The van der Waals surface area contributed by atoms with E-state index in [2.05, 4.69) is 41.0 Å². The van der Waals surface area contributed by atoms with E-state index in [9.17, 15) is 14.9 Å². The number of rotatable bonds is 5. The molecule has 6 rings (SSSR count). The maximum atomic E-state index is 13.2. The highest BCUT2D eigenvalue weighted by molar-refractivity contribution is 6.05. The van der Waals surface area contributed by atoms with Crippen molar-refractivity contribution < 1.29 is 14.5 Å². The average Bonchev–Trinajstić information content (AvgIpc) is 3.51. The highest BCUT2D eigenvalue weighted by Crippen LogP contribution is 2.63. The summed E-state index contributed by atoms with van der Waals surface area (Å²) in [6, 6.07) is 21.0. The normalized spacial score (nSPS) is 25.8. The van der Waals surface area contributed by atoms with Gasteiger partial charge in [0.25, 0.3) is 11.6 Å². The number of ether oxygens (including phenoxy) is 1. The third kappa shape index (κ3) is 3.62. The molecule has 3 aliphatic rings. The van der Waals surface area contributed by atoms with Gasteiger partial charge in [-0.3, -0.25) is 14.9 Å². The van der Waals surface area contributed by atoms with Crippen molar-refractivity contribution in [2.75, 3.05) is 17.7 Å². The number of carbonyl (C=O) groups excluding carboxylic acids is 1. The van der Waals surface area contributed by atoms with E-state index >= 15 is 0 Å². The molecule has 1 heterocycles. The standard InChI is InChI=1S/C28H27N3O4/c1-35-24-12-10-20(31(33)34)15-23(24)30-28(32)19-9-11-22-21(14-19)25-17-7-8-18(13-17)26(25)27(29-22)16-5-3-2-4-6-16/h2-6,9-12,14-15,17-18,25-27,29H,7-8,13H2,1H3,(H,30,32). The lowest BCUT2D eigenvalue weighted by Crippen LogP contribution is -2.35. The summed E-state index contributed by atoms with van der Waals surface area (Å²) in [5, 5.41) is 17.8.